The maximum Gasteiger partial charge on any atom is 0.269 e. The van der Waals surface area contributed by atoms with Crippen LogP contribution < -0.4 is 9.47 Å². The van der Waals surface area contributed by atoms with Gasteiger partial charge in [-0.3, -0.25) is 19.8 Å². The quantitative estimate of drug-likeness (QED) is 0.137. The molecule has 1 heterocycles. The second-order valence-corrected chi connectivity index (χ2v) is 10.4. The third-order valence-corrected chi connectivity index (χ3v) is 7.43. The molecule has 39 heavy (non-hydrogen) atoms. The molecule has 1 aliphatic heterocycles. The minimum absolute atomic E-state index is 0.00710. The number of nitro groups is 1. The number of carbonyl (C=O) groups excluding carboxylic acids is 1. The highest BCUT2D eigenvalue weighted by Gasteiger charge is 2.33. The van der Waals surface area contributed by atoms with Gasteiger partial charge in [0.05, 0.1) is 45.3 Å². The Balaban J connectivity index is 1.54. The van der Waals surface area contributed by atoms with Gasteiger partial charge >= 0.3 is 0 Å². The average Bonchev–Trinajstić information content (AvgIpc) is 3.20. The molecule has 1 aliphatic rings. The van der Waals surface area contributed by atoms with Crippen LogP contribution in [0.1, 0.15) is 11.1 Å². The molecule has 1 saturated heterocycles. The summed E-state index contributed by atoms with van der Waals surface area (Å²) < 4.78 is 16.9. The average molecular weight is 633 g/mol. The maximum absolute atomic E-state index is 13.2. The van der Waals surface area contributed by atoms with Crippen LogP contribution in [0.25, 0.3) is 6.08 Å². The number of methoxy groups -OCH3 is 2. The van der Waals surface area contributed by atoms with Gasteiger partial charge in [0, 0.05) is 19.2 Å². The molecule has 0 aliphatic carbocycles. The first kappa shape index (κ1) is 28.6. The van der Waals surface area contributed by atoms with Crippen LogP contribution in [0.15, 0.2) is 75.0 Å². The molecule has 0 radical (unpaired) electrons. The van der Waals surface area contributed by atoms with E-state index in [4.69, 9.17) is 25.8 Å². The summed E-state index contributed by atoms with van der Waals surface area (Å²) in [5, 5.41) is 11.7. The van der Waals surface area contributed by atoms with E-state index in [1.54, 1.807) is 49.5 Å². The highest BCUT2D eigenvalue weighted by Crippen LogP contribution is 2.38. The van der Waals surface area contributed by atoms with E-state index in [0.717, 1.165) is 5.56 Å². The van der Waals surface area contributed by atoms with Crippen LogP contribution in [-0.4, -0.2) is 48.3 Å². The molecule has 0 N–H and O–H groups in total. The molecule has 0 unspecified atom stereocenters. The first-order valence-electron chi connectivity index (χ1n) is 11.6. The number of nitro benzene ring substituents is 1. The molecule has 0 bridgehead atoms. The number of aliphatic imine (C=N–C) groups is 1. The smallest absolute Gasteiger partial charge is 0.269 e. The lowest BCUT2D eigenvalue weighted by Crippen LogP contribution is -2.32. The lowest BCUT2D eigenvalue weighted by Gasteiger charge is -2.14. The van der Waals surface area contributed by atoms with E-state index < -0.39 is 4.92 Å². The van der Waals surface area contributed by atoms with E-state index in [2.05, 4.69) is 20.9 Å². The van der Waals surface area contributed by atoms with Gasteiger partial charge in [-0.25, -0.2) is 4.99 Å². The molecule has 9 nitrogen and oxygen atoms in total. The van der Waals surface area contributed by atoms with E-state index in [9.17, 15) is 14.9 Å². The molecule has 0 saturated carbocycles. The van der Waals surface area contributed by atoms with Gasteiger partial charge in [-0.15, -0.1) is 0 Å². The van der Waals surface area contributed by atoms with Gasteiger partial charge in [-0.2, -0.15) is 0 Å². The van der Waals surface area contributed by atoms with Gasteiger partial charge in [0.1, 0.15) is 12.4 Å². The van der Waals surface area contributed by atoms with Crippen molar-refractivity contribution in [3.8, 4) is 11.5 Å². The first-order chi connectivity index (χ1) is 18.8. The van der Waals surface area contributed by atoms with Crippen LogP contribution in [0.5, 0.6) is 11.5 Å². The van der Waals surface area contributed by atoms with E-state index in [1.165, 1.54) is 23.9 Å². The standard InChI is InChI=1S/C27H23BrClN3O6S/c1-36-12-11-31-26(33)24(39-27(31)30-19-5-9-21(37-2)10-6-19)15-18-13-22(28)25(23(29)14-18)38-16-17-3-7-20(8-4-17)32(34)35/h3-10,13-15H,11-12,16H2,1-2H3/b24-15-,30-27?. The van der Waals surface area contributed by atoms with E-state index in [1.807, 2.05) is 24.3 Å². The second kappa shape index (κ2) is 13.1. The van der Waals surface area contributed by atoms with Crippen LogP contribution in [0.4, 0.5) is 11.4 Å². The van der Waals surface area contributed by atoms with Gasteiger partial charge in [0.15, 0.2) is 10.9 Å². The van der Waals surface area contributed by atoms with Crippen LogP contribution >= 0.6 is 39.3 Å². The normalized spacial score (nSPS) is 15.3. The Morgan fingerprint density at radius 3 is 2.46 bits per heavy atom. The molecule has 0 aromatic heterocycles. The number of benzene rings is 3. The number of nitrogens with zero attached hydrogens (tertiary/aromatic N) is 3. The number of carbonyl (C=O) groups is 1. The van der Waals surface area contributed by atoms with Gasteiger partial charge < -0.3 is 14.2 Å². The third kappa shape index (κ3) is 7.18. The topological polar surface area (TPSA) is 104 Å². The van der Waals surface area contributed by atoms with Crippen molar-refractivity contribution in [1.29, 1.82) is 0 Å². The fourth-order valence-electron chi connectivity index (χ4n) is 3.56. The first-order valence-corrected chi connectivity index (χ1v) is 13.6. The highest BCUT2D eigenvalue weighted by molar-refractivity contribution is 9.10. The fraction of sp³-hybridized carbons (Fsp3) is 0.185. The highest BCUT2D eigenvalue weighted by atomic mass is 79.9. The van der Waals surface area contributed by atoms with Gasteiger partial charge in [-0.1, -0.05) is 11.6 Å². The number of rotatable bonds is 10. The summed E-state index contributed by atoms with van der Waals surface area (Å²) in [6.07, 6.45) is 1.75. The number of hydrogen-bond donors (Lipinski definition) is 0. The van der Waals surface area contributed by atoms with Crippen molar-refractivity contribution in [1.82, 2.24) is 4.90 Å². The van der Waals surface area contributed by atoms with Crippen molar-refractivity contribution >= 4 is 67.8 Å². The number of amides is 1. The molecule has 0 atom stereocenters. The predicted molar refractivity (Wildman–Crippen MR) is 156 cm³/mol. The lowest BCUT2D eigenvalue weighted by molar-refractivity contribution is -0.384. The maximum atomic E-state index is 13.2. The zero-order valence-corrected chi connectivity index (χ0v) is 24.1. The Morgan fingerprint density at radius 2 is 1.85 bits per heavy atom. The Kier molecular flexibility index (Phi) is 9.63. The summed E-state index contributed by atoms with van der Waals surface area (Å²) in [6, 6.07) is 16.9. The Labute approximate surface area is 242 Å². The number of thioether (sulfide) groups is 1. The third-order valence-electron chi connectivity index (χ3n) is 5.55. The molecule has 12 heteroatoms. The summed E-state index contributed by atoms with van der Waals surface area (Å²) >= 11 is 11.3. The van der Waals surface area contributed by atoms with Gasteiger partial charge in [0.2, 0.25) is 0 Å². The van der Waals surface area contributed by atoms with E-state index in [0.29, 0.717) is 55.5 Å². The van der Waals surface area contributed by atoms with E-state index in [-0.39, 0.29) is 18.2 Å². The van der Waals surface area contributed by atoms with Gasteiger partial charge in [-0.05, 0) is 93.4 Å². The van der Waals surface area contributed by atoms with Crippen molar-refractivity contribution in [2.24, 2.45) is 4.99 Å². The Hall–Kier alpha value is -3.38. The summed E-state index contributed by atoms with van der Waals surface area (Å²) in [4.78, 5) is 30.4. The van der Waals surface area contributed by atoms with Gasteiger partial charge in [0.25, 0.3) is 11.6 Å². The number of amidine groups is 1. The molecule has 3 aromatic rings. The zero-order chi connectivity index (χ0) is 27.9. The lowest BCUT2D eigenvalue weighted by atomic mass is 10.2. The largest absolute Gasteiger partial charge is 0.497 e. The molecule has 4 rings (SSSR count). The number of non-ortho nitro benzene ring substituents is 1. The molecule has 0 spiro atoms. The van der Waals surface area contributed by atoms with Crippen LogP contribution in [-0.2, 0) is 16.1 Å². The molecule has 202 valence electrons. The van der Waals surface area contributed by atoms with Crippen molar-refractivity contribution in [2.75, 3.05) is 27.4 Å². The minimum atomic E-state index is -0.455. The number of hydrogen-bond acceptors (Lipinski definition) is 8. The molecule has 3 aromatic carbocycles. The van der Waals surface area contributed by atoms with Crippen molar-refractivity contribution in [3.63, 3.8) is 0 Å². The van der Waals surface area contributed by atoms with Crippen LogP contribution in [0.3, 0.4) is 0 Å². The molecular weight excluding hydrogens is 610 g/mol. The van der Waals surface area contributed by atoms with Crippen LogP contribution in [0.2, 0.25) is 5.02 Å². The number of halogens is 2. The SMILES string of the molecule is COCCN1C(=O)/C(=C/c2cc(Cl)c(OCc3ccc([N+](=O)[O-])cc3)c(Br)c2)SC1=Nc1ccc(OC)cc1. The summed E-state index contributed by atoms with van der Waals surface area (Å²) in [7, 11) is 3.17. The molecular formula is C27H23BrClN3O6S. The second-order valence-electron chi connectivity index (χ2n) is 8.18. The minimum Gasteiger partial charge on any atom is -0.497 e. The fourth-order valence-corrected chi connectivity index (χ4v) is 5.57. The molecule has 1 amide bonds. The number of ether oxygens (including phenoxy) is 3. The van der Waals surface area contributed by atoms with E-state index >= 15 is 0 Å². The Morgan fingerprint density at radius 1 is 1.13 bits per heavy atom. The monoisotopic (exact) mass is 631 g/mol. The Bertz CT molecular complexity index is 1410. The zero-order valence-electron chi connectivity index (χ0n) is 20.9. The predicted octanol–water partition coefficient (Wildman–Crippen LogP) is 6.85. The van der Waals surface area contributed by atoms with Crippen molar-refractivity contribution in [3.05, 3.63) is 96.3 Å². The van der Waals surface area contributed by atoms with Crippen molar-refractivity contribution in [2.45, 2.75) is 6.61 Å². The summed E-state index contributed by atoms with van der Waals surface area (Å²) in [6.45, 7) is 0.888. The summed E-state index contributed by atoms with van der Waals surface area (Å²) in [5.41, 5.74) is 2.15. The summed E-state index contributed by atoms with van der Waals surface area (Å²) in [5.74, 6) is 0.953. The van der Waals surface area contributed by atoms with Crippen LogP contribution in [0, 0.1) is 10.1 Å². The van der Waals surface area contributed by atoms with Crippen molar-refractivity contribution < 1.29 is 23.9 Å². The molecule has 1 fully saturated rings.